The van der Waals surface area contributed by atoms with Crippen molar-refractivity contribution < 1.29 is 19.5 Å². The fourth-order valence-corrected chi connectivity index (χ4v) is 5.44. The first-order valence-corrected chi connectivity index (χ1v) is 13.6. The van der Waals surface area contributed by atoms with Crippen LogP contribution in [0.1, 0.15) is 53.7 Å². The maximum Gasteiger partial charge on any atom is 0.326 e. The van der Waals surface area contributed by atoms with E-state index in [1.54, 1.807) is 18.5 Å². The normalized spacial score (nSPS) is 16.4. The summed E-state index contributed by atoms with van der Waals surface area (Å²) in [5.41, 5.74) is 1.55. The van der Waals surface area contributed by atoms with Crippen LogP contribution in [-0.2, 0) is 21.4 Å². The average Bonchev–Trinajstić information content (AvgIpc) is 3.54. The van der Waals surface area contributed by atoms with E-state index in [0.29, 0.717) is 30.1 Å². The lowest BCUT2D eigenvalue weighted by molar-refractivity contribution is -0.148. The summed E-state index contributed by atoms with van der Waals surface area (Å²) in [5.74, 6) is -1.18. The molecule has 1 unspecified atom stereocenters. The number of carbonyl (C=O) groups excluding carboxylic acids is 2. The molecule has 194 valence electrons. The van der Waals surface area contributed by atoms with E-state index < -0.39 is 18.1 Å². The highest BCUT2D eigenvalue weighted by Crippen LogP contribution is 2.29. The third kappa shape index (κ3) is 6.42. The van der Waals surface area contributed by atoms with Crippen LogP contribution >= 0.6 is 27.3 Å². The molecule has 0 spiro atoms. The van der Waals surface area contributed by atoms with E-state index in [-0.39, 0.29) is 23.7 Å². The fourth-order valence-electron chi connectivity index (χ4n) is 4.27. The molecule has 8 nitrogen and oxygen atoms in total. The molecule has 1 fully saturated rings. The number of thiophene rings is 1. The third-order valence-corrected chi connectivity index (χ3v) is 8.18. The summed E-state index contributed by atoms with van der Waals surface area (Å²) in [6, 6.07) is 9.40. The quantitative estimate of drug-likeness (QED) is 0.417. The number of carboxylic acid groups (broad SMARTS) is 1. The predicted octanol–water partition coefficient (Wildman–Crippen LogP) is 4.68. The van der Waals surface area contributed by atoms with Crippen LogP contribution in [0.4, 0.5) is 0 Å². The summed E-state index contributed by atoms with van der Waals surface area (Å²) in [4.78, 5) is 50.0. The number of hydrogen-bond acceptors (Lipinski definition) is 6. The van der Waals surface area contributed by atoms with Crippen molar-refractivity contribution in [3.8, 4) is 11.4 Å². The number of hydrogen-bond donors (Lipinski definition) is 2. The van der Waals surface area contributed by atoms with E-state index in [1.807, 2.05) is 30.3 Å². The summed E-state index contributed by atoms with van der Waals surface area (Å²) >= 11 is 4.72. The highest BCUT2D eigenvalue weighted by Gasteiger charge is 2.38. The van der Waals surface area contributed by atoms with Gasteiger partial charge in [0.2, 0.25) is 5.91 Å². The molecular weight excluding hydrogens is 556 g/mol. The smallest absolute Gasteiger partial charge is 0.326 e. The highest BCUT2D eigenvalue weighted by molar-refractivity contribution is 9.10. The largest absolute Gasteiger partial charge is 0.480 e. The number of aromatic nitrogens is 2. The van der Waals surface area contributed by atoms with Crippen molar-refractivity contribution in [2.75, 3.05) is 6.54 Å². The number of aliphatic carboxylic acids is 1. The van der Waals surface area contributed by atoms with Gasteiger partial charge >= 0.3 is 5.97 Å². The van der Waals surface area contributed by atoms with Crippen LogP contribution < -0.4 is 5.32 Å². The van der Waals surface area contributed by atoms with Crippen molar-refractivity contribution in [2.24, 2.45) is 0 Å². The Morgan fingerprint density at radius 3 is 2.41 bits per heavy atom. The molecule has 1 aliphatic heterocycles. The van der Waals surface area contributed by atoms with Gasteiger partial charge in [-0.3, -0.25) is 9.59 Å². The van der Waals surface area contributed by atoms with E-state index in [1.165, 1.54) is 16.2 Å². The number of nitrogens with one attached hydrogen (secondary N) is 1. The lowest BCUT2D eigenvalue weighted by atomic mass is 9.95. The van der Waals surface area contributed by atoms with Gasteiger partial charge in [-0.05, 0) is 51.9 Å². The van der Waals surface area contributed by atoms with E-state index in [0.717, 1.165) is 20.5 Å². The van der Waals surface area contributed by atoms with Crippen molar-refractivity contribution in [2.45, 2.75) is 57.5 Å². The Labute approximate surface area is 228 Å². The van der Waals surface area contributed by atoms with Gasteiger partial charge in [-0.2, -0.15) is 0 Å². The Kier molecular flexibility index (Phi) is 8.08. The molecule has 10 heteroatoms. The van der Waals surface area contributed by atoms with Crippen molar-refractivity contribution in [3.63, 3.8) is 0 Å². The standard InChI is InChI=1S/C27H29BrN4O4S/c1-27(2,3)22-11-10-21(37-22)24(33)31-19(25(34)32-12-4-5-20(32)26(35)36)13-16-6-8-17(9-7-16)23-29-14-18(28)15-30-23/h6-11,14-15,19-20H,4-5,12-13H2,1-3H3,(H,31,33)(H,35,36)/t19?,20-/m0/s1. The van der Waals surface area contributed by atoms with Crippen LogP contribution in [0, 0.1) is 0 Å². The first-order valence-electron chi connectivity index (χ1n) is 12.0. The van der Waals surface area contributed by atoms with Crippen LogP contribution in [0.25, 0.3) is 11.4 Å². The minimum absolute atomic E-state index is 0.0943. The van der Waals surface area contributed by atoms with Gasteiger partial charge in [0.25, 0.3) is 5.91 Å². The summed E-state index contributed by atoms with van der Waals surface area (Å²) in [6.07, 6.45) is 4.59. The van der Waals surface area contributed by atoms with Crippen molar-refractivity contribution in [3.05, 3.63) is 68.6 Å². The average molecular weight is 586 g/mol. The summed E-state index contributed by atoms with van der Waals surface area (Å²) in [6.45, 7) is 6.59. The van der Waals surface area contributed by atoms with Crippen LogP contribution in [0.15, 0.2) is 53.3 Å². The van der Waals surface area contributed by atoms with Gasteiger partial charge in [0, 0.05) is 35.8 Å². The summed E-state index contributed by atoms with van der Waals surface area (Å²) in [5, 5.41) is 12.5. The van der Waals surface area contributed by atoms with Crippen LogP contribution in [0.5, 0.6) is 0 Å². The Bertz CT molecular complexity index is 1280. The van der Waals surface area contributed by atoms with Gasteiger partial charge in [-0.15, -0.1) is 11.3 Å². The van der Waals surface area contributed by atoms with E-state index in [4.69, 9.17) is 0 Å². The first kappa shape index (κ1) is 26.9. The minimum atomic E-state index is -1.03. The molecular formula is C27H29BrN4O4S. The molecule has 2 N–H and O–H groups in total. The second kappa shape index (κ2) is 11.1. The molecule has 0 bridgehead atoms. The highest BCUT2D eigenvalue weighted by atomic mass is 79.9. The molecule has 1 aliphatic rings. The van der Waals surface area contributed by atoms with Gasteiger partial charge in [0.1, 0.15) is 12.1 Å². The molecule has 1 aromatic carbocycles. The van der Waals surface area contributed by atoms with Crippen molar-refractivity contribution in [1.82, 2.24) is 20.2 Å². The molecule has 0 saturated carbocycles. The van der Waals surface area contributed by atoms with Gasteiger partial charge in [-0.25, -0.2) is 14.8 Å². The van der Waals surface area contributed by atoms with E-state index in [2.05, 4.69) is 52.0 Å². The predicted molar refractivity (Wildman–Crippen MR) is 146 cm³/mol. The number of halogens is 1. The zero-order valence-electron chi connectivity index (χ0n) is 20.9. The Morgan fingerprint density at radius 2 is 1.81 bits per heavy atom. The zero-order valence-corrected chi connectivity index (χ0v) is 23.3. The SMILES string of the molecule is CC(C)(C)c1ccc(C(=O)NC(Cc2ccc(-c3ncc(Br)cn3)cc2)C(=O)N2CCC[C@H]2C(=O)O)s1. The number of amides is 2. The lowest BCUT2D eigenvalue weighted by Crippen LogP contribution is -2.52. The molecule has 2 amide bonds. The van der Waals surface area contributed by atoms with Gasteiger partial charge < -0.3 is 15.3 Å². The zero-order chi connectivity index (χ0) is 26.7. The fraction of sp³-hybridized carbons (Fsp3) is 0.370. The van der Waals surface area contributed by atoms with Crippen LogP contribution in [0.3, 0.4) is 0 Å². The van der Waals surface area contributed by atoms with E-state index >= 15 is 0 Å². The molecule has 3 heterocycles. The lowest BCUT2D eigenvalue weighted by Gasteiger charge is -2.27. The number of likely N-dealkylation sites (tertiary alicyclic amines) is 1. The number of carbonyl (C=O) groups is 3. The van der Waals surface area contributed by atoms with E-state index in [9.17, 15) is 19.5 Å². The number of nitrogens with zero attached hydrogens (tertiary/aromatic N) is 3. The van der Waals surface area contributed by atoms with Crippen molar-refractivity contribution in [1.29, 1.82) is 0 Å². The van der Waals surface area contributed by atoms with Gasteiger partial charge in [0.05, 0.1) is 9.35 Å². The third-order valence-electron chi connectivity index (χ3n) is 6.27. The molecule has 4 rings (SSSR count). The maximum absolute atomic E-state index is 13.5. The second-order valence-corrected chi connectivity index (χ2v) is 12.1. The number of benzene rings is 1. The molecule has 3 aromatic rings. The van der Waals surface area contributed by atoms with Crippen LogP contribution in [-0.4, -0.2) is 56.4 Å². The summed E-state index contributed by atoms with van der Waals surface area (Å²) < 4.78 is 0.784. The Balaban J connectivity index is 1.56. The molecule has 0 aliphatic carbocycles. The topological polar surface area (TPSA) is 112 Å². The Morgan fingerprint density at radius 1 is 1.14 bits per heavy atom. The first-order chi connectivity index (χ1) is 17.5. The maximum atomic E-state index is 13.5. The van der Waals surface area contributed by atoms with Gasteiger partial charge in [0.15, 0.2) is 5.82 Å². The number of carboxylic acids is 1. The number of rotatable bonds is 7. The molecule has 2 aromatic heterocycles. The van der Waals surface area contributed by atoms with Crippen LogP contribution in [0.2, 0.25) is 0 Å². The molecule has 0 radical (unpaired) electrons. The molecule has 1 saturated heterocycles. The summed E-state index contributed by atoms with van der Waals surface area (Å²) in [7, 11) is 0. The van der Waals surface area contributed by atoms with Crippen molar-refractivity contribution >= 4 is 45.1 Å². The van der Waals surface area contributed by atoms with Gasteiger partial charge in [-0.1, -0.05) is 45.0 Å². The Hall–Kier alpha value is -3.11. The molecule has 2 atom stereocenters. The second-order valence-electron chi connectivity index (χ2n) is 10.1. The minimum Gasteiger partial charge on any atom is -0.480 e. The molecule has 37 heavy (non-hydrogen) atoms. The monoisotopic (exact) mass is 584 g/mol.